The van der Waals surface area contributed by atoms with Gasteiger partial charge in [-0.25, -0.2) is 0 Å². The third kappa shape index (κ3) is 5.86. The number of piperidine rings is 1. The van der Waals surface area contributed by atoms with Gasteiger partial charge in [0.15, 0.2) is 5.75 Å². The van der Waals surface area contributed by atoms with Crippen molar-refractivity contribution in [3.63, 3.8) is 0 Å². The van der Waals surface area contributed by atoms with Gasteiger partial charge < -0.3 is 15.0 Å². The summed E-state index contributed by atoms with van der Waals surface area (Å²) in [6, 6.07) is 4.23. The van der Waals surface area contributed by atoms with Gasteiger partial charge in [-0.1, -0.05) is 11.6 Å². The van der Waals surface area contributed by atoms with E-state index in [4.69, 9.17) is 16.3 Å². The Morgan fingerprint density at radius 2 is 2.16 bits per heavy atom. The van der Waals surface area contributed by atoms with E-state index in [2.05, 4.69) is 5.32 Å². The second-order valence-electron chi connectivity index (χ2n) is 6.18. The number of carbonyl (C=O) groups is 1. The second-order valence-corrected chi connectivity index (χ2v) is 6.62. The summed E-state index contributed by atoms with van der Waals surface area (Å²) in [4.78, 5) is 24.6. The molecule has 1 aliphatic rings. The number of nitro groups is 1. The molecule has 0 aliphatic carbocycles. The van der Waals surface area contributed by atoms with Crippen molar-refractivity contribution in [2.75, 3.05) is 33.3 Å². The zero-order valence-electron chi connectivity index (χ0n) is 14.4. The van der Waals surface area contributed by atoms with Crippen LogP contribution >= 0.6 is 11.6 Å². The van der Waals surface area contributed by atoms with Gasteiger partial charge in [-0.2, -0.15) is 0 Å². The van der Waals surface area contributed by atoms with Crippen LogP contribution in [0.1, 0.15) is 25.7 Å². The van der Waals surface area contributed by atoms with E-state index in [0.717, 1.165) is 38.9 Å². The molecule has 1 saturated heterocycles. The molecular formula is C17H24ClN3O4. The highest BCUT2D eigenvalue weighted by Gasteiger charge is 2.22. The molecule has 0 saturated carbocycles. The van der Waals surface area contributed by atoms with Crippen molar-refractivity contribution in [2.45, 2.75) is 25.7 Å². The van der Waals surface area contributed by atoms with Crippen molar-refractivity contribution in [1.82, 2.24) is 10.2 Å². The van der Waals surface area contributed by atoms with Gasteiger partial charge in [-0.15, -0.1) is 0 Å². The first-order chi connectivity index (χ1) is 12.0. The van der Waals surface area contributed by atoms with E-state index in [1.54, 1.807) is 0 Å². The monoisotopic (exact) mass is 369 g/mol. The maximum absolute atomic E-state index is 12.3. The summed E-state index contributed by atoms with van der Waals surface area (Å²) in [5.41, 5.74) is -0.190. The summed E-state index contributed by atoms with van der Waals surface area (Å²) >= 11 is 5.77. The molecule has 1 aromatic carbocycles. The number of ether oxygens (including phenoxy) is 1. The molecule has 1 amide bonds. The van der Waals surface area contributed by atoms with Gasteiger partial charge >= 0.3 is 5.69 Å². The lowest BCUT2D eigenvalue weighted by atomic mass is 9.93. The number of rotatable bonds is 8. The Balaban J connectivity index is 1.77. The zero-order chi connectivity index (χ0) is 18.2. The summed E-state index contributed by atoms with van der Waals surface area (Å²) in [6.45, 7) is 2.66. The number of nitrogens with zero attached hydrogens (tertiary/aromatic N) is 2. The average molecular weight is 370 g/mol. The number of hydrogen-bond acceptors (Lipinski definition) is 5. The van der Waals surface area contributed by atoms with E-state index in [9.17, 15) is 14.9 Å². The molecule has 1 aromatic rings. The number of carbonyl (C=O) groups excluding carboxylic acids is 1. The third-order valence-corrected chi connectivity index (χ3v) is 4.70. The Morgan fingerprint density at radius 1 is 1.44 bits per heavy atom. The summed E-state index contributed by atoms with van der Waals surface area (Å²) in [7, 11) is 1.95. The fourth-order valence-electron chi connectivity index (χ4n) is 2.98. The summed E-state index contributed by atoms with van der Waals surface area (Å²) in [5.74, 6) is 0.834. The Bertz CT molecular complexity index is 604. The van der Waals surface area contributed by atoms with Gasteiger partial charge in [0.1, 0.15) is 0 Å². The minimum absolute atomic E-state index is 0.0312. The lowest BCUT2D eigenvalue weighted by molar-refractivity contribution is -0.385. The van der Waals surface area contributed by atoms with Crippen molar-refractivity contribution < 1.29 is 14.5 Å². The molecule has 7 nitrogen and oxygen atoms in total. The van der Waals surface area contributed by atoms with Gasteiger partial charge in [0, 0.05) is 24.2 Å². The Kier molecular flexibility index (Phi) is 7.46. The molecule has 1 fully saturated rings. The van der Waals surface area contributed by atoms with Crippen LogP contribution in [0, 0.1) is 16.0 Å². The SMILES string of the molecule is CNCCC1CCN(C(=O)CCOc2ccc(Cl)cc2[N+](=O)[O-])CC1. The van der Waals surface area contributed by atoms with Crippen LogP contribution in [0.3, 0.4) is 0 Å². The molecule has 0 radical (unpaired) electrons. The molecule has 138 valence electrons. The molecule has 0 spiro atoms. The molecule has 25 heavy (non-hydrogen) atoms. The highest BCUT2D eigenvalue weighted by molar-refractivity contribution is 6.30. The van der Waals surface area contributed by atoms with E-state index in [0.29, 0.717) is 5.92 Å². The van der Waals surface area contributed by atoms with Crippen LogP contribution in [0.25, 0.3) is 0 Å². The number of amides is 1. The largest absolute Gasteiger partial charge is 0.486 e. The number of hydrogen-bond donors (Lipinski definition) is 1. The maximum Gasteiger partial charge on any atom is 0.312 e. The highest BCUT2D eigenvalue weighted by Crippen LogP contribution is 2.30. The quantitative estimate of drug-likeness (QED) is 0.562. The molecule has 2 rings (SSSR count). The smallest absolute Gasteiger partial charge is 0.312 e. The Morgan fingerprint density at radius 3 is 2.80 bits per heavy atom. The topological polar surface area (TPSA) is 84.7 Å². The zero-order valence-corrected chi connectivity index (χ0v) is 15.1. The lowest BCUT2D eigenvalue weighted by Gasteiger charge is -2.32. The summed E-state index contributed by atoms with van der Waals surface area (Å²) < 4.78 is 5.43. The highest BCUT2D eigenvalue weighted by atomic mass is 35.5. The number of benzene rings is 1. The molecule has 0 aromatic heterocycles. The number of likely N-dealkylation sites (tertiary alicyclic amines) is 1. The molecule has 1 heterocycles. The van der Waals surface area contributed by atoms with Crippen LogP contribution in [0.15, 0.2) is 18.2 Å². The molecule has 0 atom stereocenters. The van der Waals surface area contributed by atoms with Crippen LogP contribution in [0.2, 0.25) is 5.02 Å². The van der Waals surface area contributed by atoms with E-state index < -0.39 is 4.92 Å². The first-order valence-corrected chi connectivity index (χ1v) is 8.88. The Labute approximate surface area is 152 Å². The fraction of sp³-hybridized carbons (Fsp3) is 0.588. The van der Waals surface area contributed by atoms with Crippen LogP contribution < -0.4 is 10.1 Å². The first kappa shape index (κ1) is 19.5. The van der Waals surface area contributed by atoms with Gasteiger partial charge in [0.05, 0.1) is 18.0 Å². The molecular weight excluding hydrogens is 346 g/mol. The van der Waals surface area contributed by atoms with Crippen molar-refractivity contribution in [1.29, 1.82) is 0 Å². The number of halogens is 1. The van der Waals surface area contributed by atoms with Crippen LogP contribution in [-0.2, 0) is 4.79 Å². The summed E-state index contributed by atoms with van der Waals surface area (Å²) in [6.07, 6.45) is 3.40. The van der Waals surface area contributed by atoms with Crippen LogP contribution in [-0.4, -0.2) is 49.0 Å². The van der Waals surface area contributed by atoms with E-state index in [1.165, 1.54) is 18.2 Å². The van der Waals surface area contributed by atoms with Crippen molar-refractivity contribution >= 4 is 23.2 Å². The van der Waals surface area contributed by atoms with Gasteiger partial charge in [-0.05, 0) is 50.9 Å². The standard InChI is InChI=1S/C17H24ClN3O4/c1-19-8-4-13-5-9-20(10-6-13)17(22)7-11-25-16-3-2-14(18)12-15(16)21(23)24/h2-3,12-13,19H,4-11H2,1H3. The molecule has 1 N–H and O–H groups in total. The van der Waals surface area contributed by atoms with Gasteiger partial charge in [-0.3, -0.25) is 14.9 Å². The fourth-order valence-corrected chi connectivity index (χ4v) is 3.15. The number of nitro benzene ring substituents is 1. The first-order valence-electron chi connectivity index (χ1n) is 8.50. The second kappa shape index (κ2) is 9.58. The van der Waals surface area contributed by atoms with Crippen LogP contribution in [0.4, 0.5) is 5.69 Å². The average Bonchev–Trinajstić information content (AvgIpc) is 2.61. The van der Waals surface area contributed by atoms with Crippen molar-refractivity contribution in [3.8, 4) is 5.75 Å². The molecule has 1 aliphatic heterocycles. The molecule has 0 unspecified atom stereocenters. The van der Waals surface area contributed by atoms with Crippen molar-refractivity contribution in [3.05, 3.63) is 33.3 Å². The predicted molar refractivity (Wildman–Crippen MR) is 96.1 cm³/mol. The maximum atomic E-state index is 12.3. The van der Waals surface area contributed by atoms with Crippen molar-refractivity contribution in [2.24, 2.45) is 5.92 Å². The predicted octanol–water partition coefficient (Wildman–Crippen LogP) is 2.87. The molecule has 0 bridgehead atoms. The Hall–Kier alpha value is -1.86. The van der Waals surface area contributed by atoms with Gasteiger partial charge in [0.2, 0.25) is 5.91 Å². The van der Waals surface area contributed by atoms with E-state index in [-0.39, 0.29) is 35.4 Å². The van der Waals surface area contributed by atoms with E-state index >= 15 is 0 Å². The summed E-state index contributed by atoms with van der Waals surface area (Å²) in [5, 5.41) is 14.4. The van der Waals surface area contributed by atoms with Gasteiger partial charge in [0.25, 0.3) is 0 Å². The minimum atomic E-state index is -0.543. The van der Waals surface area contributed by atoms with E-state index in [1.807, 2.05) is 11.9 Å². The third-order valence-electron chi connectivity index (χ3n) is 4.46. The van der Waals surface area contributed by atoms with Crippen LogP contribution in [0.5, 0.6) is 5.75 Å². The lowest BCUT2D eigenvalue weighted by Crippen LogP contribution is -2.39. The molecule has 8 heteroatoms. The minimum Gasteiger partial charge on any atom is -0.486 e. The normalized spacial score (nSPS) is 15.2. The number of nitrogens with one attached hydrogen (secondary N) is 1.